The first-order chi connectivity index (χ1) is 23.9. The predicted octanol–water partition coefficient (Wildman–Crippen LogP) is 12.1. The van der Waals surface area contributed by atoms with Gasteiger partial charge in [-0.05, 0) is 106 Å². The number of thiol groups is 1. The Labute approximate surface area is 306 Å². The Kier molecular flexibility index (Phi) is 7.93. The Bertz CT molecular complexity index is 2100. The van der Waals surface area contributed by atoms with Gasteiger partial charge in [0.05, 0.1) is 14.2 Å². The second kappa shape index (κ2) is 11.9. The molecule has 0 saturated heterocycles. The fraction of sp³-hybridized carbons (Fsp3) is 0.333. The van der Waals surface area contributed by atoms with Crippen LogP contribution in [-0.4, -0.2) is 20.0 Å². The molecule has 3 nitrogen and oxygen atoms in total. The maximum atomic E-state index is 7.68. The fourth-order valence-corrected chi connectivity index (χ4v) is 11.2. The van der Waals surface area contributed by atoms with Gasteiger partial charge in [-0.2, -0.15) is 0 Å². The molecule has 2 aliphatic carbocycles. The van der Waals surface area contributed by atoms with Gasteiger partial charge < -0.3 is 14.2 Å². The number of thioether (sulfide) groups is 1. The Balaban J connectivity index is 1.48. The van der Waals surface area contributed by atoms with Crippen molar-refractivity contribution >= 4 is 41.2 Å². The van der Waals surface area contributed by atoms with Crippen LogP contribution < -0.4 is 14.2 Å². The van der Waals surface area contributed by atoms with Crippen molar-refractivity contribution in [3.63, 3.8) is 0 Å². The average molecular weight is 699 g/mol. The minimum absolute atomic E-state index is 0.156. The second-order valence-corrected chi connectivity index (χ2v) is 17.7. The summed E-state index contributed by atoms with van der Waals surface area (Å²) in [5.74, 6) is 3.52. The van der Waals surface area contributed by atoms with Crippen LogP contribution in [-0.2, 0) is 11.0 Å². The zero-order valence-corrected chi connectivity index (χ0v) is 31.9. The average Bonchev–Trinajstić information content (AvgIpc) is 3.36. The molecule has 3 aliphatic rings. The lowest BCUT2D eigenvalue weighted by Crippen LogP contribution is -2.44. The van der Waals surface area contributed by atoms with E-state index in [4.69, 9.17) is 26.8 Å². The van der Waals surface area contributed by atoms with Crippen molar-refractivity contribution < 1.29 is 14.2 Å². The van der Waals surface area contributed by atoms with Crippen LogP contribution >= 0.6 is 24.4 Å². The molecule has 8 rings (SSSR count). The molecule has 0 N–H and O–H groups in total. The summed E-state index contributed by atoms with van der Waals surface area (Å²) in [6, 6.07) is 30.4. The van der Waals surface area contributed by atoms with Gasteiger partial charge in [0.1, 0.15) is 17.2 Å². The minimum Gasteiger partial charge on any atom is -0.497 e. The number of methoxy groups -OCH3 is 2. The lowest BCUT2D eigenvalue weighted by atomic mass is 9.52. The number of rotatable bonds is 6. The van der Waals surface area contributed by atoms with Gasteiger partial charge in [-0.25, -0.2) is 0 Å². The van der Waals surface area contributed by atoms with Gasteiger partial charge >= 0.3 is 0 Å². The third kappa shape index (κ3) is 5.10. The molecule has 1 heterocycles. The molecule has 50 heavy (non-hydrogen) atoms. The first-order valence-electron chi connectivity index (χ1n) is 17.7. The first kappa shape index (κ1) is 33.3. The highest BCUT2D eigenvalue weighted by Gasteiger charge is 2.55. The maximum absolute atomic E-state index is 7.68. The van der Waals surface area contributed by atoms with Crippen LogP contribution in [0.25, 0.3) is 28.0 Å². The molecular formula is C45H46O3S2. The van der Waals surface area contributed by atoms with Gasteiger partial charge in [-0.15, -0.1) is 24.4 Å². The normalized spacial score (nSPS) is 18.6. The molecule has 1 fully saturated rings. The number of hydrogen-bond donors (Lipinski definition) is 1. The Morgan fingerprint density at radius 1 is 0.760 bits per heavy atom. The van der Waals surface area contributed by atoms with Crippen molar-refractivity contribution in [3.8, 4) is 28.4 Å². The Hall–Kier alpha value is -3.80. The highest BCUT2D eigenvalue weighted by molar-refractivity contribution is 7.99. The molecule has 5 aromatic rings. The summed E-state index contributed by atoms with van der Waals surface area (Å²) in [7, 11) is 3.41. The minimum atomic E-state index is -0.881. The third-order valence-electron chi connectivity index (χ3n) is 11.2. The molecule has 1 saturated carbocycles. The van der Waals surface area contributed by atoms with Crippen LogP contribution in [0.1, 0.15) is 81.7 Å². The Morgan fingerprint density at radius 2 is 1.36 bits per heavy atom. The summed E-state index contributed by atoms with van der Waals surface area (Å²) >= 11 is 6.94. The number of ether oxygens (including phenoxy) is 3. The first-order valence-corrected chi connectivity index (χ1v) is 19.1. The highest BCUT2D eigenvalue weighted by Crippen LogP contribution is 2.67. The van der Waals surface area contributed by atoms with Gasteiger partial charge in [-0.3, -0.25) is 0 Å². The van der Waals surface area contributed by atoms with E-state index in [-0.39, 0.29) is 16.2 Å². The quantitative estimate of drug-likeness (QED) is 0.141. The van der Waals surface area contributed by atoms with E-state index in [9.17, 15) is 0 Å². The highest BCUT2D eigenvalue weighted by atomic mass is 32.2. The van der Waals surface area contributed by atoms with Gasteiger partial charge in [0.15, 0.2) is 5.60 Å². The van der Waals surface area contributed by atoms with Crippen molar-refractivity contribution in [2.75, 3.05) is 20.0 Å². The van der Waals surface area contributed by atoms with E-state index in [1.165, 1.54) is 44.5 Å². The second-order valence-electron chi connectivity index (χ2n) is 15.9. The van der Waals surface area contributed by atoms with Crippen LogP contribution in [0.4, 0.5) is 0 Å². The molecule has 256 valence electrons. The largest absolute Gasteiger partial charge is 0.497 e. The smallest absolute Gasteiger partial charge is 0.178 e. The molecular weight excluding hydrogens is 653 g/mol. The summed E-state index contributed by atoms with van der Waals surface area (Å²) in [5.41, 5.74) is 8.11. The monoisotopic (exact) mass is 698 g/mol. The summed E-state index contributed by atoms with van der Waals surface area (Å²) in [4.78, 5) is 2.18. The molecule has 5 heteroatoms. The Morgan fingerprint density at radius 3 is 1.94 bits per heavy atom. The topological polar surface area (TPSA) is 27.7 Å². The van der Waals surface area contributed by atoms with Gasteiger partial charge in [-0.1, -0.05) is 89.2 Å². The lowest BCUT2D eigenvalue weighted by Gasteiger charge is -2.52. The number of benzene rings is 5. The van der Waals surface area contributed by atoms with Crippen molar-refractivity contribution in [3.05, 3.63) is 119 Å². The maximum Gasteiger partial charge on any atom is 0.178 e. The molecule has 0 radical (unpaired) electrons. The molecule has 0 aromatic heterocycles. The van der Waals surface area contributed by atoms with Gasteiger partial charge in [0.25, 0.3) is 0 Å². The lowest BCUT2D eigenvalue weighted by molar-refractivity contribution is 0.0642. The SMILES string of the molecule is CCSc1cc2c3c(c4c(c2cc1S)-c1ccccc1C41CC(C)(C)CC(C)(C)C1)C=CC(c1ccc(OC)cc1)(c1ccc(OC)cc1)O3. The van der Waals surface area contributed by atoms with Gasteiger partial charge in [0, 0.05) is 37.3 Å². The molecule has 1 aliphatic heterocycles. The molecule has 0 bridgehead atoms. The predicted molar refractivity (Wildman–Crippen MR) is 212 cm³/mol. The standard InChI is InChI=1S/C45H46O3S2/c1-8-50-38-24-35-34(23-37(38)49)39-32-11-9-10-12-36(32)44(26-42(2,3)25-43(4,5)27-44)40(39)33-21-22-45(48-41(33)35,28-13-17-30(46-6)18-14-28)29-15-19-31(47-7)20-16-29/h9-24,49H,8,25-27H2,1-7H3. The van der Waals surface area contributed by atoms with E-state index in [2.05, 4.69) is 107 Å². The third-order valence-corrected chi connectivity index (χ3v) is 12.6. The molecule has 0 atom stereocenters. The van der Waals surface area contributed by atoms with Crippen molar-refractivity contribution in [1.82, 2.24) is 0 Å². The summed E-state index contributed by atoms with van der Waals surface area (Å²) in [6.45, 7) is 12.1. The van der Waals surface area contributed by atoms with E-state index in [0.717, 1.165) is 57.3 Å². The molecule has 1 spiro atoms. The fourth-order valence-electron chi connectivity index (χ4n) is 10.1. The van der Waals surface area contributed by atoms with E-state index < -0.39 is 5.60 Å². The van der Waals surface area contributed by atoms with E-state index in [1.54, 1.807) is 14.2 Å². The van der Waals surface area contributed by atoms with Crippen LogP contribution in [0.15, 0.2) is 101 Å². The van der Waals surface area contributed by atoms with Crippen LogP contribution in [0, 0.1) is 10.8 Å². The van der Waals surface area contributed by atoms with Crippen molar-refractivity contribution in [2.45, 2.75) is 74.7 Å². The van der Waals surface area contributed by atoms with Crippen LogP contribution in [0.5, 0.6) is 17.2 Å². The van der Waals surface area contributed by atoms with Crippen molar-refractivity contribution in [1.29, 1.82) is 0 Å². The number of hydrogen-bond acceptors (Lipinski definition) is 5. The summed E-state index contributed by atoms with van der Waals surface area (Å²) in [5, 5.41) is 2.34. The summed E-state index contributed by atoms with van der Waals surface area (Å²) < 4.78 is 18.8. The van der Waals surface area contributed by atoms with Crippen LogP contribution in [0.3, 0.4) is 0 Å². The van der Waals surface area contributed by atoms with Gasteiger partial charge in [0.2, 0.25) is 0 Å². The van der Waals surface area contributed by atoms with E-state index >= 15 is 0 Å². The molecule has 0 amide bonds. The molecule has 0 unspecified atom stereocenters. The number of fused-ring (bicyclic) bond motifs is 10. The summed E-state index contributed by atoms with van der Waals surface area (Å²) in [6.07, 6.45) is 8.03. The molecule has 5 aromatic carbocycles. The van der Waals surface area contributed by atoms with E-state index in [1.807, 2.05) is 36.0 Å². The zero-order valence-electron chi connectivity index (χ0n) is 30.1. The zero-order chi connectivity index (χ0) is 35.1. The van der Waals surface area contributed by atoms with Crippen LogP contribution in [0.2, 0.25) is 0 Å². The van der Waals surface area contributed by atoms with E-state index in [0.29, 0.717) is 0 Å². The van der Waals surface area contributed by atoms with Crippen molar-refractivity contribution in [2.24, 2.45) is 10.8 Å².